The molecule has 3 N–H and O–H groups in total. The van der Waals surface area contributed by atoms with Crippen molar-refractivity contribution in [2.45, 2.75) is 12.2 Å². The predicted molar refractivity (Wildman–Crippen MR) is 124 cm³/mol. The molecule has 0 saturated carbocycles. The Morgan fingerprint density at radius 3 is 2.47 bits per heavy atom. The largest absolute Gasteiger partial charge is 0.495 e. The number of anilines is 1. The second kappa shape index (κ2) is 9.90. The molecule has 8 nitrogen and oxygen atoms in total. The number of aliphatic carboxylic acids is 1. The van der Waals surface area contributed by atoms with E-state index in [4.69, 9.17) is 9.57 Å². The molecule has 0 spiro atoms. The van der Waals surface area contributed by atoms with Crippen molar-refractivity contribution in [3.63, 3.8) is 0 Å². The number of hydrogen-bond donors (Lipinski definition) is 3. The number of alkyl halides is 3. The number of benzene rings is 2. The van der Waals surface area contributed by atoms with Crippen molar-refractivity contribution < 1.29 is 37.4 Å². The van der Waals surface area contributed by atoms with Crippen LogP contribution < -0.4 is 14.9 Å². The predicted octanol–water partition coefficient (Wildman–Crippen LogP) is 5.09. The lowest BCUT2D eigenvalue weighted by molar-refractivity contribution is -0.149. The normalized spacial score (nSPS) is 15.0. The lowest BCUT2D eigenvalue weighted by Gasteiger charge is -2.26. The minimum absolute atomic E-state index is 0.0860. The van der Waals surface area contributed by atoms with Crippen LogP contribution in [0.3, 0.4) is 0 Å². The van der Waals surface area contributed by atoms with E-state index < -0.39 is 29.7 Å². The van der Waals surface area contributed by atoms with E-state index in [-0.39, 0.29) is 17.1 Å². The van der Waals surface area contributed by atoms with E-state index in [1.807, 2.05) is 0 Å². The number of nitrogens with zero attached hydrogens (tertiary/aromatic N) is 1. The minimum Gasteiger partial charge on any atom is -0.495 e. The van der Waals surface area contributed by atoms with Crippen molar-refractivity contribution in [3.8, 4) is 22.6 Å². The lowest BCUT2D eigenvalue weighted by atomic mass is 10.1. The van der Waals surface area contributed by atoms with Gasteiger partial charge in [0.15, 0.2) is 11.8 Å². The molecule has 11 heteroatoms. The number of carbonyl (C=O) groups excluding carboxylic acids is 1. The van der Waals surface area contributed by atoms with Crippen LogP contribution in [0.4, 0.5) is 18.9 Å². The van der Waals surface area contributed by atoms with Crippen molar-refractivity contribution in [2.24, 2.45) is 0 Å². The molecule has 2 heterocycles. The van der Waals surface area contributed by atoms with Crippen molar-refractivity contribution in [3.05, 3.63) is 90.4 Å². The molecule has 1 amide bonds. The molecule has 2 aromatic carbocycles. The number of aromatic nitrogens is 1. The van der Waals surface area contributed by atoms with E-state index in [1.165, 1.54) is 24.4 Å². The van der Waals surface area contributed by atoms with Gasteiger partial charge in [0.05, 0.1) is 18.4 Å². The number of ether oxygens (including phenoxy) is 1. The maximum Gasteiger partial charge on any atom is 0.416 e. The molecule has 36 heavy (non-hydrogen) atoms. The van der Waals surface area contributed by atoms with E-state index in [0.717, 1.165) is 23.8 Å². The number of aromatic amines is 1. The van der Waals surface area contributed by atoms with E-state index in [9.17, 15) is 27.9 Å². The summed E-state index contributed by atoms with van der Waals surface area (Å²) in [4.78, 5) is 32.5. The third kappa shape index (κ3) is 5.35. The molecule has 1 aliphatic rings. The Hall–Kier alpha value is -4.67. The van der Waals surface area contributed by atoms with Crippen LogP contribution in [0.5, 0.6) is 11.5 Å². The number of amides is 1. The van der Waals surface area contributed by atoms with Crippen LogP contribution in [-0.2, 0) is 11.0 Å². The zero-order valence-electron chi connectivity index (χ0n) is 18.7. The fraction of sp³-hybridized carbons (Fsp3) is 0.120. The fourth-order valence-corrected chi connectivity index (χ4v) is 3.45. The van der Waals surface area contributed by atoms with E-state index >= 15 is 0 Å². The Morgan fingerprint density at radius 1 is 1.06 bits per heavy atom. The highest BCUT2D eigenvalue weighted by molar-refractivity contribution is 6.04. The number of methoxy groups -OCH3 is 1. The van der Waals surface area contributed by atoms with Gasteiger partial charge >= 0.3 is 12.1 Å². The number of rotatable bonds is 7. The minimum atomic E-state index is -4.57. The average molecular weight is 499 g/mol. The Labute approximate surface area is 203 Å². The first-order chi connectivity index (χ1) is 17.2. The zero-order chi connectivity index (χ0) is 25.9. The molecule has 1 aliphatic heterocycles. The van der Waals surface area contributed by atoms with Gasteiger partial charge in [0.2, 0.25) is 0 Å². The molecule has 0 radical (unpaired) electrons. The molecular formula is C25H20F3N3O5. The molecular weight excluding hydrogens is 479 g/mol. The van der Waals surface area contributed by atoms with Gasteiger partial charge in [-0.3, -0.25) is 4.79 Å². The maximum atomic E-state index is 13.1. The van der Waals surface area contributed by atoms with Crippen LogP contribution >= 0.6 is 0 Å². The number of carboxylic acids is 1. The van der Waals surface area contributed by atoms with E-state index in [1.54, 1.807) is 48.7 Å². The fourth-order valence-electron chi connectivity index (χ4n) is 3.45. The summed E-state index contributed by atoms with van der Waals surface area (Å²) >= 11 is 0. The third-order valence-electron chi connectivity index (χ3n) is 5.27. The Bertz CT molecular complexity index is 1330. The van der Waals surface area contributed by atoms with Crippen molar-refractivity contribution in [2.75, 3.05) is 12.4 Å². The van der Waals surface area contributed by atoms with Gasteiger partial charge in [0, 0.05) is 12.4 Å². The number of carbonyl (C=O) groups is 2. The first-order valence-electron chi connectivity index (χ1n) is 10.6. The van der Waals surface area contributed by atoms with Gasteiger partial charge in [-0.25, -0.2) is 4.79 Å². The number of halogens is 3. The molecule has 1 atom stereocenters. The van der Waals surface area contributed by atoms with Crippen LogP contribution in [-0.4, -0.2) is 40.2 Å². The highest BCUT2D eigenvalue weighted by Crippen LogP contribution is 2.35. The molecule has 0 aliphatic carbocycles. The number of hydroxylamine groups is 2. The Kier molecular flexibility index (Phi) is 6.73. The van der Waals surface area contributed by atoms with Crippen LogP contribution in [0.1, 0.15) is 16.1 Å². The standard InChI is InChI=1S/C25H20F3N3O5/c1-35-22-10-7-17(25(26,27)28)13-19(22)30-23(32)20-12-16(14-29-20)15-5-8-18(9-6-15)36-31-11-3-2-4-21(31)24(33)34/h2-14,21,29H,1H3,(H,30,32)(H,33,34). The third-order valence-corrected chi connectivity index (χ3v) is 5.27. The summed E-state index contributed by atoms with van der Waals surface area (Å²) in [6, 6.07) is 10.1. The summed E-state index contributed by atoms with van der Waals surface area (Å²) in [6.45, 7) is 0. The quantitative estimate of drug-likeness (QED) is 0.418. The Morgan fingerprint density at radius 2 is 1.81 bits per heavy atom. The molecule has 1 unspecified atom stereocenters. The average Bonchev–Trinajstić information content (AvgIpc) is 3.35. The zero-order valence-corrected chi connectivity index (χ0v) is 18.7. The summed E-state index contributed by atoms with van der Waals surface area (Å²) in [5.74, 6) is -1.23. The first kappa shape index (κ1) is 24.5. The van der Waals surface area contributed by atoms with Crippen molar-refractivity contribution in [1.29, 1.82) is 0 Å². The number of allylic oxidation sites excluding steroid dienone is 2. The second-order valence-corrected chi connectivity index (χ2v) is 7.65. The molecule has 1 aromatic heterocycles. The highest BCUT2D eigenvalue weighted by Gasteiger charge is 2.31. The molecule has 0 saturated heterocycles. The summed E-state index contributed by atoms with van der Waals surface area (Å²) in [7, 11) is 1.29. The summed E-state index contributed by atoms with van der Waals surface area (Å²) in [5, 5.41) is 12.9. The lowest BCUT2D eigenvalue weighted by Crippen LogP contribution is -2.39. The molecule has 0 fully saturated rings. The molecule has 0 bridgehead atoms. The maximum absolute atomic E-state index is 13.1. The molecule has 186 valence electrons. The molecule has 3 aromatic rings. The monoisotopic (exact) mass is 499 g/mol. The number of nitrogens with one attached hydrogen (secondary N) is 2. The topological polar surface area (TPSA) is 104 Å². The van der Waals surface area contributed by atoms with E-state index in [2.05, 4.69) is 10.3 Å². The smallest absolute Gasteiger partial charge is 0.416 e. The Balaban J connectivity index is 1.46. The summed E-state index contributed by atoms with van der Waals surface area (Å²) in [6.07, 6.45) is 3.25. The number of carboxylic acid groups (broad SMARTS) is 1. The first-order valence-corrected chi connectivity index (χ1v) is 10.6. The van der Waals surface area contributed by atoms with Crippen molar-refractivity contribution in [1.82, 2.24) is 10.0 Å². The van der Waals surface area contributed by atoms with Crippen LogP contribution in [0.2, 0.25) is 0 Å². The van der Waals surface area contributed by atoms with Gasteiger partial charge in [-0.1, -0.05) is 18.2 Å². The van der Waals surface area contributed by atoms with Gasteiger partial charge in [-0.15, -0.1) is 0 Å². The van der Waals surface area contributed by atoms with E-state index in [0.29, 0.717) is 11.3 Å². The van der Waals surface area contributed by atoms with Gasteiger partial charge < -0.3 is 25.0 Å². The van der Waals surface area contributed by atoms with Crippen LogP contribution in [0, 0.1) is 0 Å². The number of hydrogen-bond acceptors (Lipinski definition) is 5. The van der Waals surface area contributed by atoms with Gasteiger partial charge in [0.25, 0.3) is 5.91 Å². The van der Waals surface area contributed by atoms with Gasteiger partial charge in [-0.05, 0) is 59.7 Å². The summed E-state index contributed by atoms with van der Waals surface area (Å²) < 4.78 is 44.3. The van der Waals surface area contributed by atoms with Gasteiger partial charge in [0.1, 0.15) is 11.4 Å². The number of H-pyrrole nitrogens is 1. The van der Waals surface area contributed by atoms with Crippen LogP contribution in [0.25, 0.3) is 11.1 Å². The second-order valence-electron chi connectivity index (χ2n) is 7.65. The summed E-state index contributed by atoms with van der Waals surface area (Å²) in [5.41, 5.74) is 0.458. The van der Waals surface area contributed by atoms with Crippen LogP contribution in [0.15, 0.2) is 79.2 Å². The SMILES string of the molecule is COc1ccc(C(F)(F)F)cc1NC(=O)c1cc(-c2ccc(ON3C=CC=CC3C(=O)O)cc2)c[nH]1. The molecule has 4 rings (SSSR count). The van der Waals surface area contributed by atoms with Gasteiger partial charge in [-0.2, -0.15) is 18.2 Å². The highest BCUT2D eigenvalue weighted by atomic mass is 19.4. The van der Waals surface area contributed by atoms with Crippen molar-refractivity contribution >= 4 is 17.6 Å².